The van der Waals surface area contributed by atoms with Gasteiger partial charge in [-0.3, -0.25) is 4.79 Å². The van der Waals surface area contributed by atoms with Crippen LogP contribution in [0.15, 0.2) is 54.7 Å². The van der Waals surface area contributed by atoms with E-state index in [1.807, 2.05) is 48.5 Å². The van der Waals surface area contributed by atoms with Gasteiger partial charge in [-0.25, -0.2) is 9.97 Å². The fourth-order valence-corrected chi connectivity index (χ4v) is 3.51. The number of methoxy groups -OCH3 is 1. The lowest BCUT2D eigenvalue weighted by molar-refractivity contribution is -0.117. The van der Waals surface area contributed by atoms with Crippen molar-refractivity contribution in [1.82, 2.24) is 9.97 Å². The van der Waals surface area contributed by atoms with Gasteiger partial charge in [0.05, 0.1) is 37.7 Å². The summed E-state index contributed by atoms with van der Waals surface area (Å²) >= 11 is 0. The largest absolute Gasteiger partial charge is 0.495 e. The fourth-order valence-electron chi connectivity index (χ4n) is 3.51. The Balaban J connectivity index is 1.48. The van der Waals surface area contributed by atoms with Gasteiger partial charge in [0.15, 0.2) is 0 Å². The lowest BCUT2D eigenvalue weighted by Gasteiger charge is -2.30. The monoisotopic (exact) mass is 448 g/mol. The maximum Gasteiger partial charge on any atom is 0.240 e. The van der Waals surface area contributed by atoms with Gasteiger partial charge in [0.2, 0.25) is 11.9 Å². The standard InChI is InChI=1S/C24H28N6O3/c1-16(25)23(31)27-18-5-3-17(4-6-18)20-9-10-26-24(29-20)28-19-7-8-21(22(15-19)32-2)30-11-13-33-14-12-30/h3-10,15-16H,11-14,25H2,1-2H3,(H,27,31)(H,26,28,29). The molecule has 1 aliphatic heterocycles. The number of ether oxygens (including phenoxy) is 2. The minimum absolute atomic E-state index is 0.230. The van der Waals surface area contributed by atoms with Gasteiger partial charge in [-0.05, 0) is 37.3 Å². The normalized spacial score (nSPS) is 14.5. The first kappa shape index (κ1) is 22.5. The summed E-state index contributed by atoms with van der Waals surface area (Å²) in [4.78, 5) is 23.0. The van der Waals surface area contributed by atoms with Crippen LogP contribution >= 0.6 is 0 Å². The molecule has 0 radical (unpaired) electrons. The van der Waals surface area contributed by atoms with Crippen molar-refractivity contribution in [2.24, 2.45) is 5.73 Å². The minimum Gasteiger partial charge on any atom is -0.495 e. The Morgan fingerprint density at radius 2 is 1.85 bits per heavy atom. The van der Waals surface area contributed by atoms with Gasteiger partial charge in [0.1, 0.15) is 5.75 Å². The van der Waals surface area contributed by atoms with Crippen molar-refractivity contribution in [2.75, 3.05) is 48.9 Å². The summed E-state index contributed by atoms with van der Waals surface area (Å²) in [5.41, 5.74) is 9.81. The van der Waals surface area contributed by atoms with Crippen molar-refractivity contribution >= 4 is 28.9 Å². The van der Waals surface area contributed by atoms with Crippen molar-refractivity contribution in [3.63, 3.8) is 0 Å². The molecule has 1 saturated heterocycles. The van der Waals surface area contributed by atoms with Crippen LogP contribution < -0.4 is 26.0 Å². The molecule has 172 valence electrons. The first-order valence-electron chi connectivity index (χ1n) is 10.8. The fraction of sp³-hybridized carbons (Fsp3) is 0.292. The van der Waals surface area contributed by atoms with Crippen molar-refractivity contribution < 1.29 is 14.3 Å². The third kappa shape index (κ3) is 5.57. The Labute approximate surface area is 192 Å². The molecule has 4 rings (SSSR count). The highest BCUT2D eigenvalue weighted by Crippen LogP contribution is 2.32. The molecule has 33 heavy (non-hydrogen) atoms. The number of nitrogens with one attached hydrogen (secondary N) is 2. The van der Waals surface area contributed by atoms with Crippen molar-refractivity contribution in [3.8, 4) is 17.0 Å². The highest BCUT2D eigenvalue weighted by Gasteiger charge is 2.16. The van der Waals surface area contributed by atoms with E-state index in [2.05, 4.69) is 25.5 Å². The van der Waals surface area contributed by atoms with E-state index in [1.165, 1.54) is 0 Å². The Kier molecular flexibility index (Phi) is 7.01. The quantitative estimate of drug-likeness (QED) is 0.505. The number of aromatic nitrogens is 2. The molecular formula is C24H28N6O3. The van der Waals surface area contributed by atoms with Gasteiger partial charge in [-0.15, -0.1) is 0 Å². The van der Waals surface area contributed by atoms with Crippen LogP contribution in [0, 0.1) is 0 Å². The first-order valence-corrected chi connectivity index (χ1v) is 10.8. The van der Waals surface area contributed by atoms with Crippen LogP contribution in [0.2, 0.25) is 0 Å². The van der Waals surface area contributed by atoms with E-state index in [0.717, 1.165) is 41.5 Å². The lowest BCUT2D eigenvalue weighted by Crippen LogP contribution is -2.36. The Hall–Kier alpha value is -3.69. The van der Waals surface area contributed by atoms with Gasteiger partial charge < -0.3 is 30.7 Å². The Morgan fingerprint density at radius 1 is 1.12 bits per heavy atom. The van der Waals surface area contributed by atoms with Crippen LogP contribution in [0.25, 0.3) is 11.3 Å². The van der Waals surface area contributed by atoms with E-state index in [0.29, 0.717) is 24.8 Å². The number of amides is 1. The number of benzene rings is 2. The molecule has 0 spiro atoms. The van der Waals surface area contributed by atoms with E-state index in [1.54, 1.807) is 20.2 Å². The molecule has 9 heteroatoms. The Morgan fingerprint density at radius 3 is 2.55 bits per heavy atom. The van der Waals surface area contributed by atoms with E-state index >= 15 is 0 Å². The number of rotatable bonds is 7. The van der Waals surface area contributed by atoms with Gasteiger partial charge in [-0.2, -0.15) is 0 Å². The van der Waals surface area contributed by atoms with Gasteiger partial charge >= 0.3 is 0 Å². The predicted molar refractivity (Wildman–Crippen MR) is 129 cm³/mol. The zero-order valence-electron chi connectivity index (χ0n) is 18.7. The molecule has 1 unspecified atom stereocenters. The zero-order chi connectivity index (χ0) is 23.2. The molecule has 0 saturated carbocycles. The molecule has 0 bridgehead atoms. The molecule has 2 aromatic carbocycles. The smallest absolute Gasteiger partial charge is 0.240 e. The number of carbonyl (C=O) groups is 1. The van der Waals surface area contributed by atoms with Gasteiger partial charge in [-0.1, -0.05) is 12.1 Å². The van der Waals surface area contributed by atoms with Gasteiger partial charge in [0, 0.05) is 42.3 Å². The molecule has 2 heterocycles. The Bertz CT molecular complexity index is 1100. The number of hydrogen-bond donors (Lipinski definition) is 3. The number of nitrogens with two attached hydrogens (primary N) is 1. The second kappa shape index (κ2) is 10.3. The molecule has 9 nitrogen and oxygen atoms in total. The van der Waals surface area contributed by atoms with Crippen LogP contribution in [0.3, 0.4) is 0 Å². The van der Waals surface area contributed by atoms with Crippen LogP contribution in [0.5, 0.6) is 5.75 Å². The molecule has 1 fully saturated rings. The predicted octanol–water partition coefficient (Wildman–Crippen LogP) is 3.02. The SMILES string of the molecule is COc1cc(Nc2nccc(-c3ccc(NC(=O)C(C)N)cc3)n2)ccc1N1CCOCC1. The highest BCUT2D eigenvalue weighted by atomic mass is 16.5. The topological polar surface area (TPSA) is 115 Å². The molecule has 1 aromatic heterocycles. The van der Waals surface area contributed by atoms with E-state index < -0.39 is 6.04 Å². The average molecular weight is 449 g/mol. The molecule has 3 aromatic rings. The second-order valence-corrected chi connectivity index (χ2v) is 7.73. The van der Waals surface area contributed by atoms with Crippen LogP contribution in [-0.2, 0) is 9.53 Å². The van der Waals surface area contributed by atoms with E-state index in [-0.39, 0.29) is 5.91 Å². The second-order valence-electron chi connectivity index (χ2n) is 7.73. The van der Waals surface area contributed by atoms with E-state index in [4.69, 9.17) is 15.2 Å². The van der Waals surface area contributed by atoms with Crippen molar-refractivity contribution in [3.05, 3.63) is 54.7 Å². The molecular weight excluding hydrogens is 420 g/mol. The average Bonchev–Trinajstić information content (AvgIpc) is 2.85. The number of carbonyl (C=O) groups excluding carboxylic acids is 1. The maximum atomic E-state index is 11.8. The van der Waals surface area contributed by atoms with Crippen LogP contribution in [-0.4, -0.2) is 55.3 Å². The van der Waals surface area contributed by atoms with E-state index in [9.17, 15) is 4.79 Å². The summed E-state index contributed by atoms with van der Waals surface area (Å²) < 4.78 is 11.1. The highest BCUT2D eigenvalue weighted by molar-refractivity contribution is 5.94. The molecule has 0 aliphatic carbocycles. The number of morpholine rings is 1. The lowest BCUT2D eigenvalue weighted by atomic mass is 10.1. The third-order valence-electron chi connectivity index (χ3n) is 5.30. The molecule has 1 amide bonds. The summed E-state index contributed by atoms with van der Waals surface area (Å²) in [6, 6.07) is 14.7. The number of anilines is 4. The third-order valence-corrected chi connectivity index (χ3v) is 5.30. The maximum absolute atomic E-state index is 11.8. The minimum atomic E-state index is -0.568. The number of nitrogens with zero attached hydrogens (tertiary/aromatic N) is 3. The van der Waals surface area contributed by atoms with Gasteiger partial charge in [0.25, 0.3) is 0 Å². The molecule has 1 aliphatic rings. The van der Waals surface area contributed by atoms with Crippen LogP contribution in [0.4, 0.5) is 23.0 Å². The molecule has 4 N–H and O–H groups in total. The van der Waals surface area contributed by atoms with Crippen molar-refractivity contribution in [2.45, 2.75) is 13.0 Å². The summed E-state index contributed by atoms with van der Waals surface area (Å²) in [7, 11) is 1.67. The van der Waals surface area contributed by atoms with Crippen LogP contribution in [0.1, 0.15) is 6.92 Å². The number of hydrogen-bond acceptors (Lipinski definition) is 8. The molecule has 1 atom stereocenters. The zero-order valence-corrected chi connectivity index (χ0v) is 18.7. The summed E-state index contributed by atoms with van der Waals surface area (Å²) in [5, 5.41) is 6.02. The summed E-state index contributed by atoms with van der Waals surface area (Å²) in [6.45, 7) is 4.74. The summed E-state index contributed by atoms with van der Waals surface area (Å²) in [5.74, 6) is 1.02. The summed E-state index contributed by atoms with van der Waals surface area (Å²) in [6.07, 6.45) is 1.70. The first-order chi connectivity index (χ1) is 16.0. The van der Waals surface area contributed by atoms with Crippen molar-refractivity contribution in [1.29, 1.82) is 0 Å².